The smallest absolute Gasteiger partial charge is 0.245 e. The minimum absolute atomic E-state index is 0.0523. The highest BCUT2D eigenvalue weighted by Crippen LogP contribution is 2.26. The van der Waals surface area contributed by atoms with Crippen molar-refractivity contribution in [1.29, 1.82) is 0 Å². The standard InChI is InChI=1S/C20H20ClN3O2/c1-13-7-8-17(9-14(13)2)24-12-16(10-19(24)25)20(26)23-22-11-15-5-3-4-6-18(15)21/h3-9,11,16H,10,12H2,1-2H3,(H,23,26)/b22-11-/t16-/m1/s1. The van der Waals surface area contributed by atoms with Gasteiger partial charge in [-0.1, -0.05) is 35.9 Å². The summed E-state index contributed by atoms with van der Waals surface area (Å²) in [5, 5.41) is 4.51. The molecule has 1 atom stereocenters. The highest BCUT2D eigenvalue weighted by molar-refractivity contribution is 6.33. The molecule has 26 heavy (non-hydrogen) atoms. The molecule has 0 spiro atoms. The predicted molar refractivity (Wildman–Crippen MR) is 104 cm³/mol. The summed E-state index contributed by atoms with van der Waals surface area (Å²) < 4.78 is 0. The Bertz CT molecular complexity index is 879. The lowest BCUT2D eigenvalue weighted by atomic mass is 10.1. The molecule has 0 aliphatic carbocycles. The molecule has 2 aromatic rings. The number of hydrogen-bond donors (Lipinski definition) is 1. The van der Waals surface area contributed by atoms with E-state index in [1.807, 2.05) is 44.2 Å². The van der Waals surface area contributed by atoms with Crippen molar-refractivity contribution in [3.05, 3.63) is 64.2 Å². The molecule has 0 aromatic heterocycles. The van der Waals surface area contributed by atoms with E-state index in [9.17, 15) is 9.59 Å². The average Bonchev–Trinajstić information content (AvgIpc) is 3.01. The molecule has 1 aliphatic rings. The van der Waals surface area contributed by atoms with Crippen LogP contribution >= 0.6 is 11.6 Å². The van der Waals surface area contributed by atoms with E-state index < -0.39 is 5.92 Å². The SMILES string of the molecule is Cc1ccc(N2C[C@H](C(=O)N/N=C\c3ccccc3Cl)CC2=O)cc1C. The number of amides is 2. The molecule has 0 radical (unpaired) electrons. The molecule has 5 nitrogen and oxygen atoms in total. The van der Waals surface area contributed by atoms with Gasteiger partial charge in [0, 0.05) is 29.2 Å². The molecular weight excluding hydrogens is 350 g/mol. The third-order valence-electron chi connectivity index (χ3n) is 4.58. The van der Waals surface area contributed by atoms with E-state index >= 15 is 0 Å². The van der Waals surface area contributed by atoms with Crippen LogP contribution in [-0.4, -0.2) is 24.6 Å². The average molecular weight is 370 g/mol. The Labute approximate surface area is 157 Å². The van der Waals surface area contributed by atoms with E-state index in [1.54, 1.807) is 17.0 Å². The fourth-order valence-electron chi connectivity index (χ4n) is 2.86. The maximum absolute atomic E-state index is 12.3. The van der Waals surface area contributed by atoms with Gasteiger partial charge in [0.05, 0.1) is 12.1 Å². The number of hydrogen-bond acceptors (Lipinski definition) is 3. The minimum Gasteiger partial charge on any atom is -0.312 e. The van der Waals surface area contributed by atoms with E-state index in [4.69, 9.17) is 11.6 Å². The molecule has 1 saturated heterocycles. The Balaban J connectivity index is 1.63. The van der Waals surface area contributed by atoms with E-state index in [2.05, 4.69) is 10.5 Å². The molecule has 0 unspecified atom stereocenters. The number of benzene rings is 2. The summed E-state index contributed by atoms with van der Waals surface area (Å²) in [6.07, 6.45) is 1.68. The normalized spacial score (nSPS) is 17.1. The van der Waals surface area contributed by atoms with Crippen molar-refractivity contribution in [2.75, 3.05) is 11.4 Å². The number of anilines is 1. The van der Waals surface area contributed by atoms with Gasteiger partial charge >= 0.3 is 0 Å². The van der Waals surface area contributed by atoms with Crippen LogP contribution in [0.25, 0.3) is 0 Å². The van der Waals surface area contributed by atoms with Gasteiger partial charge in [-0.05, 0) is 43.2 Å². The van der Waals surface area contributed by atoms with Crippen LogP contribution < -0.4 is 10.3 Å². The maximum atomic E-state index is 12.3. The summed E-state index contributed by atoms with van der Waals surface area (Å²) in [5.41, 5.74) is 6.34. The zero-order valence-corrected chi connectivity index (χ0v) is 15.5. The summed E-state index contributed by atoms with van der Waals surface area (Å²) in [6.45, 7) is 4.39. The Kier molecular flexibility index (Phi) is 5.38. The lowest BCUT2D eigenvalue weighted by Crippen LogP contribution is -2.30. The van der Waals surface area contributed by atoms with Crippen LogP contribution in [-0.2, 0) is 9.59 Å². The van der Waals surface area contributed by atoms with Gasteiger partial charge in [-0.3, -0.25) is 9.59 Å². The summed E-state index contributed by atoms with van der Waals surface area (Å²) in [4.78, 5) is 26.3. The molecule has 0 saturated carbocycles. The van der Waals surface area contributed by atoms with Gasteiger partial charge in [-0.25, -0.2) is 5.43 Å². The van der Waals surface area contributed by atoms with Crippen LogP contribution in [0.1, 0.15) is 23.1 Å². The molecule has 2 aromatic carbocycles. The van der Waals surface area contributed by atoms with Crippen molar-refractivity contribution in [2.24, 2.45) is 11.0 Å². The highest BCUT2D eigenvalue weighted by Gasteiger charge is 2.35. The summed E-state index contributed by atoms with van der Waals surface area (Å²) in [6, 6.07) is 13.1. The molecule has 2 amide bonds. The summed E-state index contributed by atoms with van der Waals surface area (Å²) in [5.74, 6) is -0.746. The zero-order chi connectivity index (χ0) is 18.7. The number of carbonyl (C=O) groups excluding carboxylic acids is 2. The van der Waals surface area contributed by atoms with Crippen LogP contribution in [0.15, 0.2) is 47.6 Å². The number of hydrazone groups is 1. The van der Waals surface area contributed by atoms with Crippen molar-refractivity contribution in [3.8, 4) is 0 Å². The second-order valence-corrected chi connectivity index (χ2v) is 6.84. The first-order valence-corrected chi connectivity index (χ1v) is 8.78. The Morgan fingerprint density at radius 3 is 2.73 bits per heavy atom. The Morgan fingerprint density at radius 2 is 2.00 bits per heavy atom. The van der Waals surface area contributed by atoms with E-state index in [1.165, 1.54) is 11.8 Å². The molecule has 6 heteroatoms. The van der Waals surface area contributed by atoms with Crippen LogP contribution in [0.3, 0.4) is 0 Å². The van der Waals surface area contributed by atoms with Crippen molar-refractivity contribution in [1.82, 2.24) is 5.43 Å². The zero-order valence-electron chi connectivity index (χ0n) is 14.7. The summed E-state index contributed by atoms with van der Waals surface area (Å²) in [7, 11) is 0. The lowest BCUT2D eigenvalue weighted by Gasteiger charge is -2.17. The largest absolute Gasteiger partial charge is 0.312 e. The van der Waals surface area contributed by atoms with Gasteiger partial charge in [-0.15, -0.1) is 0 Å². The van der Waals surface area contributed by atoms with Crippen molar-refractivity contribution >= 4 is 35.3 Å². The fourth-order valence-corrected chi connectivity index (χ4v) is 3.05. The number of halogens is 1. The molecule has 1 heterocycles. The lowest BCUT2D eigenvalue weighted by molar-refractivity contribution is -0.126. The van der Waals surface area contributed by atoms with Crippen molar-refractivity contribution in [3.63, 3.8) is 0 Å². The van der Waals surface area contributed by atoms with Gasteiger partial charge in [0.1, 0.15) is 0 Å². The van der Waals surface area contributed by atoms with Crippen molar-refractivity contribution in [2.45, 2.75) is 20.3 Å². The fraction of sp³-hybridized carbons (Fsp3) is 0.250. The van der Waals surface area contributed by atoms with Gasteiger partial charge in [0.2, 0.25) is 11.8 Å². The third kappa shape index (κ3) is 3.94. The first-order chi connectivity index (χ1) is 12.5. The number of rotatable bonds is 4. The molecule has 1 N–H and O–H groups in total. The van der Waals surface area contributed by atoms with E-state index in [-0.39, 0.29) is 18.2 Å². The molecule has 1 aliphatic heterocycles. The third-order valence-corrected chi connectivity index (χ3v) is 4.93. The van der Waals surface area contributed by atoms with Crippen LogP contribution in [0.2, 0.25) is 5.02 Å². The quantitative estimate of drug-likeness (QED) is 0.662. The first kappa shape index (κ1) is 18.1. The number of nitrogens with zero attached hydrogens (tertiary/aromatic N) is 2. The number of aryl methyl sites for hydroxylation is 2. The van der Waals surface area contributed by atoms with Crippen LogP contribution in [0.4, 0.5) is 5.69 Å². The first-order valence-electron chi connectivity index (χ1n) is 8.41. The summed E-state index contributed by atoms with van der Waals surface area (Å²) >= 11 is 6.04. The molecule has 3 rings (SSSR count). The Hall–Kier alpha value is -2.66. The topological polar surface area (TPSA) is 61.8 Å². The highest BCUT2D eigenvalue weighted by atomic mass is 35.5. The van der Waals surface area contributed by atoms with E-state index in [0.29, 0.717) is 17.1 Å². The van der Waals surface area contributed by atoms with Crippen LogP contribution in [0, 0.1) is 19.8 Å². The van der Waals surface area contributed by atoms with Gasteiger partial charge < -0.3 is 4.90 Å². The van der Waals surface area contributed by atoms with Crippen molar-refractivity contribution < 1.29 is 9.59 Å². The second kappa shape index (κ2) is 7.70. The van der Waals surface area contributed by atoms with Gasteiger partial charge in [-0.2, -0.15) is 5.10 Å². The van der Waals surface area contributed by atoms with Gasteiger partial charge in [0.25, 0.3) is 0 Å². The van der Waals surface area contributed by atoms with E-state index in [0.717, 1.165) is 11.3 Å². The molecule has 134 valence electrons. The number of carbonyl (C=O) groups is 2. The minimum atomic E-state index is -0.424. The second-order valence-electron chi connectivity index (χ2n) is 6.43. The number of nitrogens with one attached hydrogen (secondary N) is 1. The predicted octanol–water partition coefficient (Wildman–Crippen LogP) is 3.46. The molecular formula is C20H20ClN3O2. The molecule has 0 bridgehead atoms. The monoisotopic (exact) mass is 369 g/mol. The van der Waals surface area contributed by atoms with Crippen LogP contribution in [0.5, 0.6) is 0 Å². The maximum Gasteiger partial charge on any atom is 0.245 e. The van der Waals surface area contributed by atoms with Gasteiger partial charge in [0.15, 0.2) is 0 Å². The molecule has 1 fully saturated rings. The Morgan fingerprint density at radius 1 is 1.23 bits per heavy atom.